The van der Waals surface area contributed by atoms with Crippen LogP contribution in [-0.4, -0.2) is 4.98 Å². The molecule has 0 radical (unpaired) electrons. The molecule has 0 aliphatic carbocycles. The summed E-state index contributed by atoms with van der Waals surface area (Å²) in [7, 11) is 0. The van der Waals surface area contributed by atoms with Crippen molar-refractivity contribution in [3.8, 4) is 10.6 Å². The fourth-order valence-electron chi connectivity index (χ4n) is 1.47. The quantitative estimate of drug-likeness (QED) is 0.784. The molecule has 4 heteroatoms. The Morgan fingerprint density at radius 2 is 2.25 bits per heavy atom. The number of hydrogen-bond donors (Lipinski definition) is 0. The minimum Gasteiger partial charge on any atom is -0.241 e. The molecule has 0 fully saturated rings. The molecule has 1 nitrogen and oxygen atoms in total. The van der Waals surface area contributed by atoms with Crippen molar-refractivity contribution in [2.24, 2.45) is 0 Å². The molecule has 0 N–H and O–H groups in total. The van der Waals surface area contributed by atoms with Gasteiger partial charge in [-0.1, -0.05) is 31.0 Å². The van der Waals surface area contributed by atoms with E-state index in [1.807, 2.05) is 5.38 Å². The molecule has 1 aromatic heterocycles. The number of benzene rings is 1. The van der Waals surface area contributed by atoms with Crippen LogP contribution in [0.2, 0.25) is 5.02 Å². The van der Waals surface area contributed by atoms with Crippen LogP contribution in [0, 0.1) is 5.82 Å². The second-order valence-corrected chi connectivity index (χ2v) is 4.76. The van der Waals surface area contributed by atoms with Gasteiger partial charge in [-0.3, -0.25) is 0 Å². The summed E-state index contributed by atoms with van der Waals surface area (Å²) in [6, 6.07) is 4.98. The van der Waals surface area contributed by atoms with Gasteiger partial charge in [0.2, 0.25) is 0 Å². The molecule has 2 rings (SSSR count). The molecule has 16 heavy (non-hydrogen) atoms. The van der Waals surface area contributed by atoms with Crippen LogP contribution in [0.3, 0.4) is 0 Å². The summed E-state index contributed by atoms with van der Waals surface area (Å²) in [5, 5.41) is 2.81. The fraction of sp³-hybridized carbons (Fsp3) is 0.250. The van der Waals surface area contributed by atoms with E-state index in [0.29, 0.717) is 10.6 Å². The summed E-state index contributed by atoms with van der Waals surface area (Å²) < 4.78 is 13.7. The third-order valence-electron chi connectivity index (χ3n) is 2.24. The van der Waals surface area contributed by atoms with E-state index in [2.05, 4.69) is 11.9 Å². The molecule has 0 unspecified atom stereocenters. The Kier molecular flexibility index (Phi) is 3.56. The Labute approximate surface area is 103 Å². The molecule has 1 heterocycles. The van der Waals surface area contributed by atoms with Crippen molar-refractivity contribution in [1.82, 2.24) is 4.98 Å². The highest BCUT2D eigenvalue weighted by molar-refractivity contribution is 7.13. The van der Waals surface area contributed by atoms with Crippen molar-refractivity contribution in [1.29, 1.82) is 0 Å². The van der Waals surface area contributed by atoms with Gasteiger partial charge in [-0.05, 0) is 18.6 Å². The lowest BCUT2D eigenvalue weighted by Crippen LogP contribution is -1.86. The van der Waals surface area contributed by atoms with E-state index in [-0.39, 0.29) is 10.8 Å². The Balaban J connectivity index is 2.39. The molecule has 84 valence electrons. The minimum absolute atomic E-state index is 0.143. The first-order valence-electron chi connectivity index (χ1n) is 5.11. The van der Waals surface area contributed by atoms with Crippen molar-refractivity contribution in [3.05, 3.63) is 40.1 Å². The number of thiazole rings is 1. The Bertz CT molecular complexity index is 496. The molecule has 2 aromatic rings. The maximum Gasteiger partial charge on any atom is 0.152 e. The Morgan fingerprint density at radius 1 is 1.44 bits per heavy atom. The summed E-state index contributed by atoms with van der Waals surface area (Å²) in [6.45, 7) is 2.10. The van der Waals surface area contributed by atoms with Crippen molar-refractivity contribution in [2.45, 2.75) is 19.8 Å². The van der Waals surface area contributed by atoms with Gasteiger partial charge in [0.15, 0.2) is 5.82 Å². The first-order valence-corrected chi connectivity index (χ1v) is 6.37. The Morgan fingerprint density at radius 3 is 3.00 bits per heavy atom. The average Bonchev–Trinajstić information content (AvgIpc) is 2.71. The van der Waals surface area contributed by atoms with E-state index in [9.17, 15) is 4.39 Å². The Hall–Kier alpha value is -0.930. The standard InChI is InChI=1S/C12H11ClFNS/c1-2-4-8-7-16-12(15-8)9-5-3-6-10(13)11(9)14/h3,5-7H,2,4H2,1H3. The molecular weight excluding hydrogens is 245 g/mol. The highest BCUT2D eigenvalue weighted by atomic mass is 35.5. The minimum atomic E-state index is -0.387. The zero-order chi connectivity index (χ0) is 11.5. The van der Waals surface area contributed by atoms with E-state index >= 15 is 0 Å². The number of aryl methyl sites for hydroxylation is 1. The van der Waals surface area contributed by atoms with Crippen LogP contribution in [0.5, 0.6) is 0 Å². The van der Waals surface area contributed by atoms with Gasteiger partial charge in [-0.25, -0.2) is 9.37 Å². The van der Waals surface area contributed by atoms with Crippen LogP contribution in [-0.2, 0) is 6.42 Å². The van der Waals surface area contributed by atoms with Gasteiger partial charge >= 0.3 is 0 Å². The molecule has 0 saturated heterocycles. The van der Waals surface area contributed by atoms with Gasteiger partial charge in [0.05, 0.1) is 10.7 Å². The first kappa shape index (κ1) is 11.6. The fourth-order valence-corrected chi connectivity index (χ4v) is 2.52. The third-order valence-corrected chi connectivity index (χ3v) is 3.46. The van der Waals surface area contributed by atoms with Crippen LogP contribution in [0.4, 0.5) is 4.39 Å². The van der Waals surface area contributed by atoms with Crippen molar-refractivity contribution < 1.29 is 4.39 Å². The van der Waals surface area contributed by atoms with E-state index in [1.165, 1.54) is 11.3 Å². The summed E-state index contributed by atoms with van der Waals surface area (Å²) in [5.41, 5.74) is 1.50. The van der Waals surface area contributed by atoms with Gasteiger partial charge in [0.1, 0.15) is 5.01 Å². The number of hydrogen-bond acceptors (Lipinski definition) is 2. The van der Waals surface area contributed by atoms with Crippen molar-refractivity contribution >= 4 is 22.9 Å². The summed E-state index contributed by atoms with van der Waals surface area (Å²) in [6.07, 6.45) is 1.97. The van der Waals surface area contributed by atoms with Crippen LogP contribution in [0.1, 0.15) is 19.0 Å². The molecular formula is C12H11ClFNS. The lowest BCUT2D eigenvalue weighted by Gasteiger charge is -2.00. The molecule has 0 bridgehead atoms. The van der Waals surface area contributed by atoms with Gasteiger partial charge in [0, 0.05) is 10.9 Å². The SMILES string of the molecule is CCCc1csc(-c2cccc(Cl)c2F)n1. The molecule has 0 saturated carbocycles. The zero-order valence-corrected chi connectivity index (χ0v) is 10.4. The van der Waals surface area contributed by atoms with Crippen LogP contribution in [0.25, 0.3) is 10.6 Å². The first-order chi connectivity index (χ1) is 7.72. The maximum atomic E-state index is 13.7. The largest absolute Gasteiger partial charge is 0.241 e. The van der Waals surface area contributed by atoms with E-state index in [1.54, 1.807) is 18.2 Å². The van der Waals surface area contributed by atoms with Crippen molar-refractivity contribution in [3.63, 3.8) is 0 Å². The highest BCUT2D eigenvalue weighted by Crippen LogP contribution is 2.30. The van der Waals surface area contributed by atoms with Gasteiger partial charge in [-0.2, -0.15) is 0 Å². The number of aromatic nitrogens is 1. The number of nitrogens with zero attached hydrogens (tertiary/aromatic N) is 1. The van der Waals surface area contributed by atoms with E-state index in [0.717, 1.165) is 18.5 Å². The average molecular weight is 256 g/mol. The molecule has 1 aromatic carbocycles. The topological polar surface area (TPSA) is 12.9 Å². The predicted molar refractivity (Wildman–Crippen MR) is 66.5 cm³/mol. The molecule has 0 aliphatic heterocycles. The lowest BCUT2D eigenvalue weighted by molar-refractivity contribution is 0.631. The normalized spacial score (nSPS) is 10.7. The lowest BCUT2D eigenvalue weighted by atomic mass is 10.2. The summed E-state index contributed by atoms with van der Waals surface area (Å²) in [5.74, 6) is -0.387. The van der Waals surface area contributed by atoms with E-state index < -0.39 is 0 Å². The van der Waals surface area contributed by atoms with E-state index in [4.69, 9.17) is 11.6 Å². The van der Waals surface area contributed by atoms with Crippen LogP contribution in [0.15, 0.2) is 23.6 Å². The summed E-state index contributed by atoms with van der Waals surface area (Å²) >= 11 is 7.19. The zero-order valence-electron chi connectivity index (χ0n) is 8.84. The molecule has 0 amide bonds. The predicted octanol–water partition coefficient (Wildman–Crippen LogP) is 4.56. The third kappa shape index (κ3) is 2.25. The van der Waals surface area contributed by atoms with Crippen LogP contribution >= 0.6 is 22.9 Å². The monoisotopic (exact) mass is 255 g/mol. The second kappa shape index (κ2) is 4.93. The smallest absolute Gasteiger partial charge is 0.152 e. The molecule has 0 atom stereocenters. The number of rotatable bonds is 3. The van der Waals surface area contributed by atoms with Crippen molar-refractivity contribution in [2.75, 3.05) is 0 Å². The van der Waals surface area contributed by atoms with Gasteiger partial charge < -0.3 is 0 Å². The van der Waals surface area contributed by atoms with Gasteiger partial charge in [0.25, 0.3) is 0 Å². The summed E-state index contributed by atoms with van der Waals surface area (Å²) in [4.78, 5) is 4.39. The second-order valence-electron chi connectivity index (χ2n) is 3.50. The molecule has 0 aliphatic rings. The maximum absolute atomic E-state index is 13.7. The number of halogens is 2. The van der Waals surface area contributed by atoms with Gasteiger partial charge in [-0.15, -0.1) is 11.3 Å². The molecule has 0 spiro atoms. The highest BCUT2D eigenvalue weighted by Gasteiger charge is 2.11. The van der Waals surface area contributed by atoms with Crippen LogP contribution < -0.4 is 0 Å².